The van der Waals surface area contributed by atoms with Crippen molar-refractivity contribution in [2.75, 3.05) is 0 Å². The van der Waals surface area contributed by atoms with E-state index in [1.165, 1.54) is 12.8 Å². The third-order valence-electron chi connectivity index (χ3n) is 3.82. The summed E-state index contributed by atoms with van der Waals surface area (Å²) in [6.07, 6.45) is 8.22. The molecule has 2 aliphatic carbocycles. The lowest BCUT2D eigenvalue weighted by molar-refractivity contribution is 0.711. The second kappa shape index (κ2) is 2.19. The summed E-state index contributed by atoms with van der Waals surface area (Å²) in [6, 6.07) is 0. The molecule has 1 fully saturated rings. The summed E-state index contributed by atoms with van der Waals surface area (Å²) in [5.74, 6) is 0. The normalized spacial score (nSPS) is 45.7. The molecular weight excluding hydrogens is 184 g/mol. The Morgan fingerprint density at radius 1 is 1.17 bits per heavy atom. The molecular formula is C10H17ClSi. The van der Waals surface area contributed by atoms with Crippen LogP contribution in [-0.2, 0) is 0 Å². The van der Waals surface area contributed by atoms with Crippen molar-refractivity contribution in [3.63, 3.8) is 0 Å². The predicted octanol–water partition coefficient (Wildman–Crippen LogP) is 3.80. The first-order valence-corrected chi connectivity index (χ1v) is 8.63. The van der Waals surface area contributed by atoms with Gasteiger partial charge in [0.25, 0.3) is 0 Å². The van der Waals surface area contributed by atoms with Crippen LogP contribution in [0, 0.1) is 0 Å². The van der Waals surface area contributed by atoms with E-state index in [1.807, 2.05) is 0 Å². The first-order valence-electron chi connectivity index (χ1n) is 4.75. The fourth-order valence-electron chi connectivity index (χ4n) is 2.75. The number of alkyl halides is 1. The van der Waals surface area contributed by atoms with E-state index in [1.54, 1.807) is 0 Å². The van der Waals surface area contributed by atoms with E-state index in [0.717, 1.165) is 6.42 Å². The molecule has 2 atom stereocenters. The van der Waals surface area contributed by atoms with Crippen molar-refractivity contribution in [2.24, 2.45) is 0 Å². The topological polar surface area (TPSA) is 0 Å². The monoisotopic (exact) mass is 200 g/mol. The Morgan fingerprint density at radius 3 is 2.17 bits per heavy atom. The minimum Gasteiger partial charge on any atom is -0.119 e. The van der Waals surface area contributed by atoms with Crippen molar-refractivity contribution < 1.29 is 0 Å². The fourth-order valence-corrected chi connectivity index (χ4v) is 7.12. The van der Waals surface area contributed by atoms with Crippen LogP contribution in [0.4, 0.5) is 0 Å². The van der Waals surface area contributed by atoms with Crippen LogP contribution in [0.25, 0.3) is 0 Å². The molecule has 0 radical (unpaired) electrons. The van der Waals surface area contributed by atoms with Gasteiger partial charge in [-0.3, -0.25) is 0 Å². The van der Waals surface area contributed by atoms with Crippen LogP contribution in [0.3, 0.4) is 0 Å². The van der Waals surface area contributed by atoms with Crippen LogP contribution in [0.5, 0.6) is 0 Å². The first-order chi connectivity index (χ1) is 5.41. The van der Waals surface area contributed by atoms with Crippen LogP contribution in [0.15, 0.2) is 12.2 Å². The second-order valence-electron chi connectivity index (χ2n) is 5.35. The summed E-state index contributed by atoms with van der Waals surface area (Å²) >= 11 is 6.57. The Morgan fingerprint density at radius 2 is 1.75 bits per heavy atom. The van der Waals surface area contributed by atoms with Gasteiger partial charge in [0.1, 0.15) is 0 Å². The lowest BCUT2D eigenvalue weighted by Gasteiger charge is -2.33. The molecule has 0 heterocycles. The minimum absolute atomic E-state index is 0.173. The molecule has 0 nitrogen and oxygen atoms in total. The number of halogens is 1. The van der Waals surface area contributed by atoms with Gasteiger partial charge in [-0.05, 0) is 24.3 Å². The number of rotatable bonds is 1. The van der Waals surface area contributed by atoms with Gasteiger partial charge in [0, 0.05) is 0 Å². The van der Waals surface area contributed by atoms with Gasteiger partial charge in [-0.2, -0.15) is 0 Å². The highest BCUT2D eigenvalue weighted by molar-refractivity contribution is 6.81. The van der Waals surface area contributed by atoms with Gasteiger partial charge in [-0.15, -0.1) is 11.6 Å². The number of allylic oxidation sites excluding steroid dienone is 2. The lowest BCUT2D eigenvalue weighted by atomic mass is 10.1. The third-order valence-corrected chi connectivity index (χ3v) is 8.36. The number of fused-ring (bicyclic) bond motifs is 1. The quantitative estimate of drug-likeness (QED) is 0.343. The van der Waals surface area contributed by atoms with Gasteiger partial charge < -0.3 is 0 Å². The van der Waals surface area contributed by atoms with Crippen molar-refractivity contribution in [3.05, 3.63) is 12.2 Å². The molecule has 2 heteroatoms. The molecule has 0 amide bonds. The van der Waals surface area contributed by atoms with Crippen molar-refractivity contribution in [1.82, 2.24) is 0 Å². The van der Waals surface area contributed by atoms with E-state index >= 15 is 0 Å². The van der Waals surface area contributed by atoms with Crippen LogP contribution in [0.2, 0.25) is 24.7 Å². The Kier molecular flexibility index (Phi) is 1.61. The standard InChI is InChI=1S/C10H17ClSi/c1-12(2,3)10-7-5-4-6-9(10,11)8-10/h4-5H,6-8H2,1-3H3. The molecule has 0 aliphatic heterocycles. The maximum atomic E-state index is 6.57. The minimum atomic E-state index is -1.06. The van der Waals surface area contributed by atoms with Crippen molar-refractivity contribution in [1.29, 1.82) is 0 Å². The summed E-state index contributed by atoms with van der Waals surface area (Å²) in [5, 5.41) is 0.538. The van der Waals surface area contributed by atoms with Crippen molar-refractivity contribution in [3.8, 4) is 0 Å². The summed E-state index contributed by atoms with van der Waals surface area (Å²) in [7, 11) is -1.06. The summed E-state index contributed by atoms with van der Waals surface area (Å²) < 4.78 is 0. The van der Waals surface area contributed by atoms with E-state index in [2.05, 4.69) is 31.8 Å². The Balaban J connectivity index is 2.31. The van der Waals surface area contributed by atoms with Crippen LogP contribution < -0.4 is 0 Å². The van der Waals surface area contributed by atoms with Crippen LogP contribution in [-0.4, -0.2) is 12.9 Å². The molecule has 0 aromatic rings. The van der Waals surface area contributed by atoms with Crippen molar-refractivity contribution in [2.45, 2.75) is 48.8 Å². The van der Waals surface area contributed by atoms with Gasteiger partial charge in [-0.1, -0.05) is 31.8 Å². The summed E-state index contributed by atoms with van der Waals surface area (Å²) in [6.45, 7) is 7.36. The zero-order valence-electron chi connectivity index (χ0n) is 8.15. The third kappa shape index (κ3) is 0.897. The highest BCUT2D eigenvalue weighted by atomic mass is 35.5. The summed E-state index contributed by atoms with van der Waals surface area (Å²) in [5.41, 5.74) is 0. The molecule has 0 aromatic carbocycles. The molecule has 0 saturated heterocycles. The van der Waals surface area contributed by atoms with Crippen LogP contribution in [0.1, 0.15) is 19.3 Å². The number of hydrogen-bond acceptors (Lipinski definition) is 0. The van der Waals surface area contributed by atoms with Gasteiger partial charge in [0.15, 0.2) is 0 Å². The van der Waals surface area contributed by atoms with E-state index in [-0.39, 0.29) is 4.87 Å². The van der Waals surface area contributed by atoms with E-state index in [9.17, 15) is 0 Å². The fraction of sp³-hybridized carbons (Fsp3) is 0.800. The smallest absolute Gasteiger partial charge is 0.0532 e. The molecule has 0 bridgehead atoms. The Labute approximate surface area is 81.0 Å². The van der Waals surface area contributed by atoms with Crippen LogP contribution >= 0.6 is 11.6 Å². The SMILES string of the molecule is C[Si](C)(C)C12CC=CCC1(Cl)C2. The highest BCUT2D eigenvalue weighted by Crippen LogP contribution is 2.77. The largest absolute Gasteiger partial charge is 0.119 e. The lowest BCUT2D eigenvalue weighted by Crippen LogP contribution is -2.35. The maximum Gasteiger partial charge on any atom is 0.0532 e. The second-order valence-corrected chi connectivity index (χ2v) is 11.5. The van der Waals surface area contributed by atoms with Crippen molar-refractivity contribution >= 4 is 19.7 Å². The maximum absolute atomic E-state index is 6.57. The van der Waals surface area contributed by atoms with E-state index < -0.39 is 8.07 Å². The molecule has 68 valence electrons. The molecule has 0 N–H and O–H groups in total. The van der Waals surface area contributed by atoms with Gasteiger partial charge >= 0.3 is 0 Å². The Bertz CT molecular complexity index is 241. The molecule has 0 spiro atoms. The predicted molar refractivity (Wildman–Crippen MR) is 57.6 cm³/mol. The highest BCUT2D eigenvalue weighted by Gasteiger charge is 2.71. The molecule has 0 aromatic heterocycles. The van der Waals surface area contributed by atoms with E-state index in [0.29, 0.717) is 5.04 Å². The zero-order chi connectivity index (χ0) is 9.04. The molecule has 2 rings (SSSR count). The molecule has 1 saturated carbocycles. The number of hydrogen-bond donors (Lipinski definition) is 0. The average Bonchev–Trinajstić information content (AvgIpc) is 2.54. The Hall–Kier alpha value is 0.247. The first kappa shape index (κ1) is 8.83. The van der Waals surface area contributed by atoms with Gasteiger partial charge in [-0.25, -0.2) is 0 Å². The molecule has 2 unspecified atom stereocenters. The van der Waals surface area contributed by atoms with E-state index in [4.69, 9.17) is 11.6 Å². The summed E-state index contributed by atoms with van der Waals surface area (Å²) in [4.78, 5) is 0.173. The van der Waals surface area contributed by atoms with Gasteiger partial charge in [0.2, 0.25) is 0 Å². The van der Waals surface area contributed by atoms with Gasteiger partial charge in [0.05, 0.1) is 12.9 Å². The average molecular weight is 201 g/mol. The molecule has 2 aliphatic rings. The zero-order valence-corrected chi connectivity index (χ0v) is 9.91. The molecule has 12 heavy (non-hydrogen) atoms.